The molecule has 0 saturated heterocycles. The fourth-order valence-electron chi connectivity index (χ4n) is 1.74. The first kappa shape index (κ1) is 14.6. The summed E-state index contributed by atoms with van der Waals surface area (Å²) in [4.78, 5) is 1.33. The number of benzene rings is 1. The van der Waals surface area contributed by atoms with Crippen molar-refractivity contribution in [1.29, 1.82) is 5.26 Å². The van der Waals surface area contributed by atoms with Gasteiger partial charge in [-0.15, -0.1) is 11.3 Å². The van der Waals surface area contributed by atoms with E-state index in [4.69, 9.17) is 5.26 Å². The van der Waals surface area contributed by atoms with Crippen LogP contribution in [0.25, 0.3) is 0 Å². The lowest BCUT2D eigenvalue weighted by atomic mass is 10.2. The Balaban J connectivity index is 2.19. The van der Waals surface area contributed by atoms with Crippen molar-refractivity contribution in [3.8, 4) is 6.07 Å². The van der Waals surface area contributed by atoms with Crippen molar-refractivity contribution in [2.45, 2.75) is 18.4 Å². The SMILES string of the molecule is Cc1ccc(S(C)(=O)=O)cc1NCc1cc(C#N)cs1. The van der Waals surface area contributed by atoms with E-state index in [9.17, 15) is 8.42 Å². The average molecular weight is 306 g/mol. The summed E-state index contributed by atoms with van der Waals surface area (Å²) in [6, 6.07) is 8.95. The van der Waals surface area contributed by atoms with E-state index in [0.29, 0.717) is 17.0 Å². The molecule has 1 aromatic carbocycles. The Bertz CT molecular complexity index is 771. The number of sulfone groups is 1. The maximum atomic E-state index is 11.6. The molecule has 0 bridgehead atoms. The van der Waals surface area contributed by atoms with Crippen LogP contribution < -0.4 is 5.32 Å². The molecule has 1 aromatic heterocycles. The number of nitrogens with zero attached hydrogens (tertiary/aromatic N) is 1. The van der Waals surface area contributed by atoms with Crippen molar-refractivity contribution >= 4 is 26.9 Å². The number of hydrogen-bond donors (Lipinski definition) is 1. The summed E-state index contributed by atoms with van der Waals surface area (Å²) in [5.74, 6) is 0. The fraction of sp³-hybridized carbons (Fsp3) is 0.214. The summed E-state index contributed by atoms with van der Waals surface area (Å²) in [7, 11) is -3.21. The van der Waals surface area contributed by atoms with Gasteiger partial charge in [-0.3, -0.25) is 0 Å². The van der Waals surface area contributed by atoms with E-state index >= 15 is 0 Å². The zero-order valence-corrected chi connectivity index (χ0v) is 12.8. The molecule has 1 N–H and O–H groups in total. The highest BCUT2D eigenvalue weighted by molar-refractivity contribution is 7.90. The first-order chi connectivity index (χ1) is 9.40. The predicted molar refractivity (Wildman–Crippen MR) is 80.6 cm³/mol. The second kappa shape index (κ2) is 5.65. The van der Waals surface area contributed by atoms with E-state index in [0.717, 1.165) is 16.1 Å². The van der Waals surface area contributed by atoms with E-state index in [-0.39, 0.29) is 0 Å². The number of hydrogen-bond acceptors (Lipinski definition) is 5. The van der Waals surface area contributed by atoms with Gasteiger partial charge < -0.3 is 5.32 Å². The lowest BCUT2D eigenvalue weighted by Crippen LogP contribution is -2.03. The monoisotopic (exact) mass is 306 g/mol. The Morgan fingerprint density at radius 1 is 1.35 bits per heavy atom. The van der Waals surface area contributed by atoms with Crippen LogP contribution in [0.4, 0.5) is 5.69 Å². The number of anilines is 1. The Hall–Kier alpha value is -1.84. The summed E-state index contributed by atoms with van der Waals surface area (Å²) in [6.07, 6.45) is 1.19. The lowest BCUT2D eigenvalue weighted by molar-refractivity contribution is 0.602. The van der Waals surface area contributed by atoms with E-state index < -0.39 is 9.84 Å². The van der Waals surface area contributed by atoms with E-state index in [1.807, 2.05) is 13.0 Å². The standard InChI is InChI=1S/C14H14N2O2S2/c1-10-3-4-13(20(2,17)18)6-14(10)16-8-12-5-11(7-15)9-19-12/h3-6,9,16H,8H2,1-2H3. The smallest absolute Gasteiger partial charge is 0.175 e. The highest BCUT2D eigenvalue weighted by Gasteiger charge is 2.09. The summed E-state index contributed by atoms with van der Waals surface area (Å²) in [5, 5.41) is 13.8. The molecule has 0 amide bonds. The van der Waals surface area contributed by atoms with Gasteiger partial charge in [-0.25, -0.2) is 8.42 Å². The normalized spacial score (nSPS) is 11.1. The predicted octanol–water partition coefficient (Wildman–Crippen LogP) is 2.94. The van der Waals surface area contributed by atoms with Gasteiger partial charge in [0.2, 0.25) is 0 Å². The maximum Gasteiger partial charge on any atom is 0.175 e. The number of aryl methyl sites for hydroxylation is 1. The van der Waals surface area contributed by atoms with Crippen molar-refractivity contribution in [2.75, 3.05) is 11.6 Å². The van der Waals surface area contributed by atoms with Crippen LogP contribution in [0.3, 0.4) is 0 Å². The minimum Gasteiger partial charge on any atom is -0.380 e. The number of nitriles is 1. The summed E-state index contributed by atoms with van der Waals surface area (Å²) >= 11 is 1.51. The van der Waals surface area contributed by atoms with Gasteiger partial charge in [0.25, 0.3) is 0 Å². The molecule has 0 aliphatic rings. The average Bonchev–Trinajstić information content (AvgIpc) is 2.84. The Kier molecular flexibility index (Phi) is 4.12. The molecule has 1 heterocycles. The zero-order valence-electron chi connectivity index (χ0n) is 11.2. The van der Waals surface area contributed by atoms with Crippen LogP contribution in [0.5, 0.6) is 0 Å². The second-order valence-corrected chi connectivity index (χ2v) is 7.53. The van der Waals surface area contributed by atoms with Gasteiger partial charge in [0.15, 0.2) is 9.84 Å². The van der Waals surface area contributed by atoms with Gasteiger partial charge in [-0.1, -0.05) is 6.07 Å². The third kappa shape index (κ3) is 3.38. The van der Waals surface area contributed by atoms with E-state index in [1.54, 1.807) is 23.6 Å². The summed E-state index contributed by atoms with van der Waals surface area (Å²) in [5.41, 5.74) is 2.42. The molecule has 0 fully saturated rings. The first-order valence-corrected chi connectivity index (χ1v) is 8.69. The molecule has 20 heavy (non-hydrogen) atoms. The van der Waals surface area contributed by atoms with Crippen LogP contribution in [0.15, 0.2) is 34.5 Å². The molecule has 2 rings (SSSR count). The lowest BCUT2D eigenvalue weighted by Gasteiger charge is -2.10. The third-order valence-corrected chi connectivity index (χ3v) is 4.92. The Morgan fingerprint density at radius 2 is 2.10 bits per heavy atom. The van der Waals surface area contributed by atoms with E-state index in [2.05, 4.69) is 11.4 Å². The van der Waals surface area contributed by atoms with Crippen molar-refractivity contribution in [3.63, 3.8) is 0 Å². The van der Waals surface area contributed by atoms with Crippen LogP contribution in [0.1, 0.15) is 16.0 Å². The van der Waals surface area contributed by atoms with Crippen molar-refractivity contribution in [2.24, 2.45) is 0 Å². The highest BCUT2D eigenvalue weighted by Crippen LogP contribution is 2.22. The molecule has 104 valence electrons. The van der Waals surface area contributed by atoms with Crippen LogP contribution in [-0.2, 0) is 16.4 Å². The molecule has 6 heteroatoms. The zero-order chi connectivity index (χ0) is 14.8. The van der Waals surface area contributed by atoms with Crippen molar-refractivity contribution < 1.29 is 8.42 Å². The number of thiophene rings is 1. The molecular weight excluding hydrogens is 292 g/mol. The molecule has 0 aliphatic carbocycles. The molecule has 0 unspecified atom stereocenters. The quantitative estimate of drug-likeness (QED) is 0.943. The molecule has 4 nitrogen and oxygen atoms in total. The first-order valence-electron chi connectivity index (χ1n) is 5.92. The fourth-order valence-corrected chi connectivity index (χ4v) is 3.13. The molecule has 0 aliphatic heterocycles. The highest BCUT2D eigenvalue weighted by atomic mass is 32.2. The molecule has 0 spiro atoms. The number of nitrogens with one attached hydrogen (secondary N) is 1. The topological polar surface area (TPSA) is 70.0 Å². The van der Waals surface area contributed by atoms with Gasteiger partial charge in [-0.05, 0) is 30.7 Å². The van der Waals surface area contributed by atoms with Gasteiger partial charge >= 0.3 is 0 Å². The van der Waals surface area contributed by atoms with Crippen LogP contribution >= 0.6 is 11.3 Å². The van der Waals surface area contributed by atoms with Gasteiger partial charge in [0.1, 0.15) is 6.07 Å². The molecule has 0 atom stereocenters. The molecule has 2 aromatic rings. The molecule has 0 radical (unpaired) electrons. The second-order valence-electron chi connectivity index (χ2n) is 4.52. The third-order valence-electron chi connectivity index (χ3n) is 2.87. The number of rotatable bonds is 4. The summed E-state index contributed by atoms with van der Waals surface area (Å²) < 4.78 is 23.1. The molecular formula is C14H14N2O2S2. The Morgan fingerprint density at radius 3 is 2.70 bits per heavy atom. The molecule has 0 saturated carbocycles. The van der Waals surface area contributed by atoms with Gasteiger partial charge in [0.05, 0.1) is 10.5 Å². The maximum absolute atomic E-state index is 11.6. The largest absolute Gasteiger partial charge is 0.380 e. The Labute approximate surface area is 122 Å². The van der Waals surface area contributed by atoms with Crippen molar-refractivity contribution in [1.82, 2.24) is 0 Å². The summed E-state index contributed by atoms with van der Waals surface area (Å²) in [6.45, 7) is 2.49. The van der Waals surface area contributed by atoms with Crippen LogP contribution in [-0.4, -0.2) is 14.7 Å². The van der Waals surface area contributed by atoms with Crippen LogP contribution in [0, 0.1) is 18.3 Å². The van der Waals surface area contributed by atoms with Gasteiger partial charge in [0, 0.05) is 28.7 Å². The van der Waals surface area contributed by atoms with Crippen molar-refractivity contribution in [3.05, 3.63) is 45.6 Å². The van der Waals surface area contributed by atoms with Crippen LogP contribution in [0.2, 0.25) is 0 Å². The van der Waals surface area contributed by atoms with Gasteiger partial charge in [-0.2, -0.15) is 5.26 Å². The van der Waals surface area contributed by atoms with E-state index in [1.165, 1.54) is 17.6 Å². The minimum atomic E-state index is -3.21. The minimum absolute atomic E-state index is 0.300.